The number of carbonyl (C=O) groups excluding carboxylic acids is 1. The molecule has 1 aromatic rings. The zero-order valence-electron chi connectivity index (χ0n) is 10.2. The summed E-state index contributed by atoms with van der Waals surface area (Å²) in [6.45, 7) is 1.39. The molecule has 0 saturated carbocycles. The fourth-order valence-corrected chi connectivity index (χ4v) is 1.69. The maximum Gasteiger partial charge on any atom is 0.322 e. The molecule has 1 aliphatic heterocycles. The van der Waals surface area contributed by atoms with Crippen molar-refractivity contribution in [3.05, 3.63) is 36.4 Å². The lowest BCUT2D eigenvalue weighted by molar-refractivity contribution is 0.224. The van der Waals surface area contributed by atoms with Crippen LogP contribution in [-0.4, -0.2) is 38.1 Å². The molecule has 0 spiro atoms. The first-order valence-electron chi connectivity index (χ1n) is 5.65. The molecule has 1 aromatic carbocycles. The lowest BCUT2D eigenvalue weighted by Crippen LogP contribution is -2.32. The normalized spacial score (nSPS) is 13.9. The Morgan fingerprint density at radius 3 is 2.29 bits per heavy atom. The van der Waals surface area contributed by atoms with E-state index in [0.717, 1.165) is 11.4 Å². The topological polar surface area (TPSA) is 35.6 Å². The Morgan fingerprint density at radius 2 is 1.76 bits per heavy atom. The molecule has 0 fully saturated rings. The molecular weight excluding hydrogens is 214 g/mol. The summed E-state index contributed by atoms with van der Waals surface area (Å²) in [4.78, 5) is 15.6. The zero-order valence-corrected chi connectivity index (χ0v) is 10.2. The predicted molar refractivity (Wildman–Crippen MR) is 70.5 cm³/mol. The molecule has 2 rings (SSSR count). The average Bonchev–Trinajstić information content (AvgIpc) is 2.83. The summed E-state index contributed by atoms with van der Waals surface area (Å²) >= 11 is 0. The highest BCUT2D eigenvalue weighted by Gasteiger charge is 2.13. The quantitative estimate of drug-likeness (QED) is 0.792. The minimum Gasteiger partial charge on any atom is -0.378 e. The van der Waals surface area contributed by atoms with Crippen LogP contribution in [0.4, 0.5) is 16.2 Å². The molecule has 1 aliphatic rings. The van der Waals surface area contributed by atoms with Gasteiger partial charge in [-0.05, 0) is 24.3 Å². The second-order valence-corrected chi connectivity index (χ2v) is 4.25. The van der Waals surface area contributed by atoms with Crippen molar-refractivity contribution in [2.24, 2.45) is 0 Å². The van der Waals surface area contributed by atoms with Crippen LogP contribution in [0.25, 0.3) is 0 Å². The van der Waals surface area contributed by atoms with E-state index in [2.05, 4.69) is 5.32 Å². The smallest absolute Gasteiger partial charge is 0.322 e. The summed E-state index contributed by atoms with van der Waals surface area (Å²) in [6, 6.07) is 7.75. The van der Waals surface area contributed by atoms with Gasteiger partial charge in [0.15, 0.2) is 0 Å². The number of anilines is 2. The van der Waals surface area contributed by atoms with Gasteiger partial charge in [0, 0.05) is 38.6 Å². The molecule has 1 N–H and O–H groups in total. The minimum absolute atomic E-state index is 0.0485. The second kappa shape index (κ2) is 4.91. The van der Waals surface area contributed by atoms with E-state index in [1.807, 2.05) is 55.4 Å². The van der Waals surface area contributed by atoms with E-state index in [1.54, 1.807) is 4.90 Å². The van der Waals surface area contributed by atoms with Crippen molar-refractivity contribution < 1.29 is 4.79 Å². The first-order valence-corrected chi connectivity index (χ1v) is 5.65. The average molecular weight is 231 g/mol. The number of amides is 2. The Balaban J connectivity index is 1.96. The Kier molecular flexibility index (Phi) is 3.32. The van der Waals surface area contributed by atoms with Crippen molar-refractivity contribution in [2.45, 2.75) is 0 Å². The van der Waals surface area contributed by atoms with Gasteiger partial charge in [0.2, 0.25) is 0 Å². The third-order valence-corrected chi connectivity index (χ3v) is 2.74. The largest absolute Gasteiger partial charge is 0.378 e. The number of benzene rings is 1. The molecule has 0 unspecified atom stereocenters. The lowest BCUT2D eigenvalue weighted by atomic mass is 10.2. The number of nitrogens with zero attached hydrogens (tertiary/aromatic N) is 2. The van der Waals surface area contributed by atoms with Gasteiger partial charge in [-0.1, -0.05) is 12.2 Å². The van der Waals surface area contributed by atoms with E-state index < -0.39 is 0 Å². The van der Waals surface area contributed by atoms with Crippen LogP contribution in [0.15, 0.2) is 36.4 Å². The maximum atomic E-state index is 11.8. The standard InChI is InChI=1S/C13H17N3O/c1-15(2)12-7-5-11(6-8-12)14-13(17)16-9-3-4-10-16/h3-8H,9-10H2,1-2H3,(H,14,17). The molecule has 90 valence electrons. The highest BCUT2D eigenvalue weighted by molar-refractivity contribution is 5.90. The van der Waals surface area contributed by atoms with E-state index >= 15 is 0 Å². The molecular formula is C13H17N3O. The number of urea groups is 1. The van der Waals surface area contributed by atoms with Crippen LogP contribution in [0.3, 0.4) is 0 Å². The van der Waals surface area contributed by atoms with Crippen LogP contribution in [0.2, 0.25) is 0 Å². The van der Waals surface area contributed by atoms with Crippen LogP contribution in [-0.2, 0) is 0 Å². The van der Waals surface area contributed by atoms with E-state index in [4.69, 9.17) is 0 Å². The number of rotatable bonds is 2. The van der Waals surface area contributed by atoms with Crippen molar-refractivity contribution in [1.82, 2.24) is 4.90 Å². The summed E-state index contributed by atoms with van der Waals surface area (Å²) in [5, 5.41) is 2.88. The third kappa shape index (κ3) is 2.78. The fraction of sp³-hybridized carbons (Fsp3) is 0.308. The van der Waals surface area contributed by atoms with Crippen LogP contribution in [0, 0.1) is 0 Å². The van der Waals surface area contributed by atoms with E-state index in [9.17, 15) is 4.79 Å². The number of nitrogens with one attached hydrogen (secondary N) is 1. The molecule has 0 aromatic heterocycles. The number of hydrogen-bond acceptors (Lipinski definition) is 2. The van der Waals surface area contributed by atoms with Gasteiger partial charge in [-0.25, -0.2) is 4.79 Å². The van der Waals surface area contributed by atoms with Crippen LogP contribution >= 0.6 is 0 Å². The summed E-state index contributed by atoms with van der Waals surface area (Å²) in [6.07, 6.45) is 3.99. The molecule has 4 heteroatoms. The van der Waals surface area contributed by atoms with Crippen LogP contribution in [0.1, 0.15) is 0 Å². The maximum absolute atomic E-state index is 11.8. The van der Waals surface area contributed by atoms with Crippen LogP contribution < -0.4 is 10.2 Å². The van der Waals surface area contributed by atoms with Crippen molar-refractivity contribution in [3.63, 3.8) is 0 Å². The van der Waals surface area contributed by atoms with E-state index in [-0.39, 0.29) is 6.03 Å². The number of carbonyl (C=O) groups is 1. The van der Waals surface area contributed by atoms with Gasteiger partial charge in [-0.15, -0.1) is 0 Å². The van der Waals surface area contributed by atoms with Gasteiger partial charge >= 0.3 is 6.03 Å². The van der Waals surface area contributed by atoms with Gasteiger partial charge in [0.05, 0.1) is 0 Å². The van der Waals surface area contributed by atoms with Crippen molar-refractivity contribution in [2.75, 3.05) is 37.4 Å². The van der Waals surface area contributed by atoms with Crippen molar-refractivity contribution in [3.8, 4) is 0 Å². The molecule has 0 saturated heterocycles. The highest BCUT2D eigenvalue weighted by atomic mass is 16.2. The fourth-order valence-electron chi connectivity index (χ4n) is 1.69. The van der Waals surface area contributed by atoms with Gasteiger partial charge in [-0.3, -0.25) is 0 Å². The molecule has 0 radical (unpaired) electrons. The summed E-state index contributed by atoms with van der Waals surface area (Å²) < 4.78 is 0. The molecule has 17 heavy (non-hydrogen) atoms. The molecule has 2 amide bonds. The van der Waals surface area contributed by atoms with Gasteiger partial charge < -0.3 is 15.1 Å². The van der Waals surface area contributed by atoms with Gasteiger partial charge in [0.25, 0.3) is 0 Å². The Hall–Kier alpha value is -1.97. The van der Waals surface area contributed by atoms with Gasteiger partial charge in [0.1, 0.15) is 0 Å². The van der Waals surface area contributed by atoms with Crippen LogP contribution in [0.5, 0.6) is 0 Å². The van der Waals surface area contributed by atoms with Crippen molar-refractivity contribution >= 4 is 17.4 Å². The zero-order chi connectivity index (χ0) is 12.3. The molecule has 0 atom stereocenters. The van der Waals surface area contributed by atoms with Gasteiger partial charge in [-0.2, -0.15) is 0 Å². The predicted octanol–water partition coefficient (Wildman–Crippen LogP) is 2.16. The third-order valence-electron chi connectivity index (χ3n) is 2.74. The highest BCUT2D eigenvalue weighted by Crippen LogP contribution is 2.16. The Morgan fingerprint density at radius 1 is 1.18 bits per heavy atom. The second-order valence-electron chi connectivity index (χ2n) is 4.25. The minimum atomic E-state index is -0.0485. The first-order chi connectivity index (χ1) is 8.16. The molecule has 1 heterocycles. The summed E-state index contributed by atoms with van der Waals surface area (Å²) in [5.74, 6) is 0. The van der Waals surface area contributed by atoms with E-state index in [1.165, 1.54) is 0 Å². The molecule has 0 aliphatic carbocycles. The first kappa shape index (κ1) is 11.5. The van der Waals surface area contributed by atoms with Crippen molar-refractivity contribution in [1.29, 1.82) is 0 Å². The van der Waals surface area contributed by atoms with E-state index in [0.29, 0.717) is 13.1 Å². The lowest BCUT2D eigenvalue weighted by Gasteiger charge is -2.17. The monoisotopic (exact) mass is 231 g/mol. The molecule has 0 bridgehead atoms. The Labute approximate surface area is 102 Å². The Bertz CT molecular complexity index is 415. The SMILES string of the molecule is CN(C)c1ccc(NC(=O)N2CC=CC2)cc1. The summed E-state index contributed by atoms with van der Waals surface area (Å²) in [7, 11) is 3.98. The number of hydrogen-bond donors (Lipinski definition) is 1. The summed E-state index contributed by atoms with van der Waals surface area (Å²) in [5.41, 5.74) is 1.94. The molecule has 4 nitrogen and oxygen atoms in total.